The van der Waals surface area contributed by atoms with Gasteiger partial charge in [-0.2, -0.15) is 26.3 Å². The topological polar surface area (TPSA) is 18.5 Å². The zero-order chi connectivity index (χ0) is 20.3. The van der Waals surface area contributed by atoms with E-state index in [1.807, 2.05) is 0 Å². The largest absolute Gasteiger partial charge is 0.411 e. The van der Waals surface area contributed by atoms with Crippen LogP contribution in [-0.4, -0.2) is 26.6 Å². The lowest BCUT2D eigenvalue weighted by Gasteiger charge is -2.38. The maximum atomic E-state index is 14.1. The molecule has 2 rings (SSSR count). The van der Waals surface area contributed by atoms with Gasteiger partial charge in [0.25, 0.3) is 0 Å². The second-order valence-corrected chi connectivity index (χ2v) is 6.01. The molecule has 0 aliphatic heterocycles. The van der Waals surface area contributed by atoms with Gasteiger partial charge in [-0.25, -0.2) is 0 Å². The Balaban J connectivity index is 2.84. The molecule has 148 valence electrons. The Labute approximate surface area is 152 Å². The Morgan fingerprint density at radius 1 is 0.667 bits per heavy atom. The van der Waals surface area contributed by atoms with Crippen LogP contribution in [0.2, 0.25) is 0 Å². The maximum absolute atomic E-state index is 14.1. The molecule has 0 aromatic heterocycles. The standard InChI is InChI=1S/C19H18F6O2/c1-26-11-13-5-3-7-15(9-13)17(18(20,21)22,19(23,24)25)16-8-4-6-14(10-16)12-27-2/h3-10H,11-12H2,1-2H3. The molecule has 2 aromatic carbocycles. The fraction of sp³-hybridized carbons (Fsp3) is 0.368. The first-order valence-electron chi connectivity index (χ1n) is 7.88. The predicted octanol–water partition coefficient (Wildman–Crippen LogP) is 5.39. The van der Waals surface area contributed by atoms with Crippen LogP contribution in [0.5, 0.6) is 0 Å². The molecule has 0 fully saturated rings. The van der Waals surface area contributed by atoms with Crippen LogP contribution in [0.3, 0.4) is 0 Å². The van der Waals surface area contributed by atoms with Crippen molar-refractivity contribution in [1.29, 1.82) is 0 Å². The van der Waals surface area contributed by atoms with E-state index in [0.29, 0.717) is 0 Å². The molecule has 0 atom stereocenters. The minimum atomic E-state index is -5.62. The zero-order valence-electron chi connectivity index (χ0n) is 14.6. The summed E-state index contributed by atoms with van der Waals surface area (Å²) in [4.78, 5) is 0. The summed E-state index contributed by atoms with van der Waals surface area (Å²) in [5, 5.41) is 0. The number of hydrogen-bond acceptors (Lipinski definition) is 2. The molecule has 8 heteroatoms. The average Bonchev–Trinajstić information content (AvgIpc) is 2.54. The maximum Gasteiger partial charge on any atom is 0.411 e. The molecule has 0 aliphatic rings. The molecule has 0 unspecified atom stereocenters. The molecular formula is C19H18F6O2. The quantitative estimate of drug-likeness (QED) is 0.614. The summed E-state index contributed by atoms with van der Waals surface area (Å²) in [7, 11) is 2.61. The number of ether oxygens (including phenoxy) is 2. The van der Waals surface area contributed by atoms with Gasteiger partial charge in [0.05, 0.1) is 13.2 Å². The van der Waals surface area contributed by atoms with Gasteiger partial charge in [-0.05, 0) is 22.3 Å². The zero-order valence-corrected chi connectivity index (χ0v) is 14.6. The molecule has 0 spiro atoms. The predicted molar refractivity (Wildman–Crippen MR) is 87.2 cm³/mol. The van der Waals surface area contributed by atoms with E-state index in [1.54, 1.807) is 0 Å². The third-order valence-corrected chi connectivity index (χ3v) is 4.19. The van der Waals surface area contributed by atoms with E-state index in [4.69, 9.17) is 9.47 Å². The fourth-order valence-corrected chi connectivity index (χ4v) is 3.10. The highest BCUT2D eigenvalue weighted by Gasteiger charge is 2.72. The van der Waals surface area contributed by atoms with Gasteiger partial charge >= 0.3 is 12.4 Å². The van der Waals surface area contributed by atoms with Crippen LogP contribution >= 0.6 is 0 Å². The summed E-state index contributed by atoms with van der Waals surface area (Å²) >= 11 is 0. The number of benzene rings is 2. The first kappa shape index (κ1) is 21.2. The van der Waals surface area contributed by atoms with Crippen molar-refractivity contribution in [2.75, 3.05) is 14.2 Å². The Morgan fingerprint density at radius 3 is 1.33 bits per heavy atom. The highest BCUT2D eigenvalue weighted by Crippen LogP contribution is 2.56. The van der Waals surface area contributed by atoms with Gasteiger partial charge in [0.1, 0.15) is 0 Å². The number of hydrogen-bond donors (Lipinski definition) is 0. The van der Waals surface area contributed by atoms with Crippen molar-refractivity contribution < 1.29 is 35.8 Å². The van der Waals surface area contributed by atoms with Crippen LogP contribution in [0.15, 0.2) is 48.5 Å². The van der Waals surface area contributed by atoms with Crippen molar-refractivity contribution in [2.45, 2.75) is 31.0 Å². The summed E-state index contributed by atoms with van der Waals surface area (Å²) in [5.41, 5.74) is -5.58. The number of rotatable bonds is 6. The van der Waals surface area contributed by atoms with Crippen LogP contribution in [0, 0.1) is 0 Å². The van der Waals surface area contributed by atoms with Crippen molar-refractivity contribution in [3.63, 3.8) is 0 Å². The summed E-state index contributed by atoms with van der Waals surface area (Å²) < 4.78 is 94.3. The van der Waals surface area contributed by atoms with Crippen molar-refractivity contribution >= 4 is 0 Å². The van der Waals surface area contributed by atoms with Gasteiger partial charge in [-0.15, -0.1) is 0 Å². The SMILES string of the molecule is COCc1cccc(C(c2cccc(COC)c2)(C(F)(F)F)C(F)(F)F)c1. The average molecular weight is 392 g/mol. The Morgan fingerprint density at radius 2 is 1.04 bits per heavy atom. The monoisotopic (exact) mass is 392 g/mol. The van der Waals surface area contributed by atoms with E-state index >= 15 is 0 Å². The first-order chi connectivity index (χ1) is 12.6. The van der Waals surface area contributed by atoms with Crippen LogP contribution in [0.1, 0.15) is 22.3 Å². The third kappa shape index (κ3) is 3.96. The molecule has 0 aliphatic carbocycles. The third-order valence-electron chi connectivity index (χ3n) is 4.19. The Bertz CT molecular complexity index is 702. The van der Waals surface area contributed by atoms with Gasteiger partial charge in [0.2, 0.25) is 5.41 Å². The lowest BCUT2D eigenvalue weighted by molar-refractivity contribution is -0.288. The summed E-state index contributed by atoms with van der Waals surface area (Å²) in [6.07, 6.45) is -11.2. The highest BCUT2D eigenvalue weighted by molar-refractivity contribution is 5.46. The van der Waals surface area contributed by atoms with E-state index in [9.17, 15) is 26.3 Å². The van der Waals surface area contributed by atoms with Crippen molar-refractivity contribution in [3.8, 4) is 0 Å². The molecule has 0 bridgehead atoms. The number of halogens is 6. The number of alkyl halides is 6. The summed E-state index contributed by atoms with van der Waals surface area (Å²) in [6, 6.07) is 8.58. The molecule has 2 nitrogen and oxygen atoms in total. The minimum Gasteiger partial charge on any atom is -0.380 e. The molecule has 0 heterocycles. The molecule has 0 radical (unpaired) electrons. The Hall–Kier alpha value is -2.06. The molecule has 0 saturated heterocycles. The second-order valence-electron chi connectivity index (χ2n) is 6.01. The van der Waals surface area contributed by atoms with E-state index < -0.39 is 28.9 Å². The van der Waals surface area contributed by atoms with Crippen LogP contribution < -0.4 is 0 Å². The smallest absolute Gasteiger partial charge is 0.380 e. The van der Waals surface area contributed by atoms with Crippen molar-refractivity contribution in [3.05, 3.63) is 70.8 Å². The van der Waals surface area contributed by atoms with Crippen LogP contribution in [0.4, 0.5) is 26.3 Å². The van der Waals surface area contributed by atoms with E-state index in [1.165, 1.54) is 26.4 Å². The summed E-state index contributed by atoms with van der Waals surface area (Å²) in [6.45, 7) is -0.216. The molecule has 0 N–H and O–H groups in total. The van der Waals surface area contributed by atoms with Gasteiger partial charge in [0.15, 0.2) is 0 Å². The normalized spacial score (nSPS) is 13.0. The molecule has 2 aromatic rings. The summed E-state index contributed by atoms with van der Waals surface area (Å²) in [5.74, 6) is 0. The molecule has 27 heavy (non-hydrogen) atoms. The van der Waals surface area contributed by atoms with E-state index in [-0.39, 0.29) is 24.3 Å². The second kappa shape index (κ2) is 7.90. The Kier molecular flexibility index (Phi) is 6.21. The molecular weight excluding hydrogens is 374 g/mol. The first-order valence-corrected chi connectivity index (χ1v) is 7.88. The van der Waals surface area contributed by atoms with Gasteiger partial charge in [0, 0.05) is 14.2 Å². The number of methoxy groups -OCH3 is 2. The lowest BCUT2D eigenvalue weighted by atomic mass is 9.72. The van der Waals surface area contributed by atoms with Gasteiger partial charge in [-0.3, -0.25) is 0 Å². The minimum absolute atomic E-state index is 0.108. The molecule has 0 saturated carbocycles. The van der Waals surface area contributed by atoms with Gasteiger partial charge in [-0.1, -0.05) is 48.5 Å². The molecule has 0 amide bonds. The van der Waals surface area contributed by atoms with Crippen molar-refractivity contribution in [1.82, 2.24) is 0 Å². The van der Waals surface area contributed by atoms with Crippen molar-refractivity contribution in [2.24, 2.45) is 0 Å². The lowest BCUT2D eigenvalue weighted by Crippen LogP contribution is -2.54. The fourth-order valence-electron chi connectivity index (χ4n) is 3.10. The van der Waals surface area contributed by atoms with E-state index in [0.717, 1.165) is 36.4 Å². The highest BCUT2D eigenvalue weighted by atomic mass is 19.4. The van der Waals surface area contributed by atoms with Crippen LogP contribution in [0.25, 0.3) is 0 Å². The van der Waals surface area contributed by atoms with Crippen LogP contribution in [-0.2, 0) is 28.1 Å². The van der Waals surface area contributed by atoms with E-state index in [2.05, 4.69) is 0 Å². The van der Waals surface area contributed by atoms with Gasteiger partial charge < -0.3 is 9.47 Å².